The maximum absolute atomic E-state index is 5.83. The van der Waals surface area contributed by atoms with E-state index in [0.29, 0.717) is 17.7 Å². The van der Waals surface area contributed by atoms with E-state index in [1.807, 2.05) is 6.07 Å². The van der Waals surface area contributed by atoms with Gasteiger partial charge < -0.3 is 10.5 Å². The zero-order valence-electron chi connectivity index (χ0n) is 11.4. The molecular formula is C15H21N3O. The quantitative estimate of drug-likeness (QED) is 0.886. The first-order valence-electron chi connectivity index (χ1n) is 7.41. The van der Waals surface area contributed by atoms with Crippen molar-refractivity contribution in [2.75, 3.05) is 12.8 Å². The molecule has 4 saturated carbocycles. The summed E-state index contributed by atoms with van der Waals surface area (Å²) in [4.78, 5) is 8.62. The second kappa shape index (κ2) is 4.09. The van der Waals surface area contributed by atoms with Crippen LogP contribution in [-0.4, -0.2) is 17.1 Å². The van der Waals surface area contributed by atoms with E-state index >= 15 is 0 Å². The Kier molecular flexibility index (Phi) is 2.47. The molecule has 4 nitrogen and oxygen atoms in total. The van der Waals surface area contributed by atoms with Gasteiger partial charge in [-0.3, -0.25) is 0 Å². The third-order valence-corrected chi connectivity index (χ3v) is 5.52. The molecule has 102 valence electrons. The third-order valence-electron chi connectivity index (χ3n) is 5.52. The highest BCUT2D eigenvalue weighted by atomic mass is 16.5. The molecule has 0 aliphatic heterocycles. The summed E-state index contributed by atoms with van der Waals surface area (Å²) in [7, 11) is 1.64. The molecule has 0 radical (unpaired) electrons. The standard InChI is InChI=1S/C15H21N3O/c1-19-13-7-12(17-15(16)18-13)14-10-3-8-2-9(5-10)6-11(14)4-8/h7-11,14H,2-6H2,1H3,(H2,16,17,18). The molecule has 1 aromatic rings. The first-order valence-corrected chi connectivity index (χ1v) is 7.41. The van der Waals surface area contributed by atoms with E-state index in [4.69, 9.17) is 10.5 Å². The van der Waals surface area contributed by atoms with E-state index in [2.05, 4.69) is 9.97 Å². The second-order valence-electron chi connectivity index (χ2n) is 6.65. The van der Waals surface area contributed by atoms with Gasteiger partial charge in [-0.1, -0.05) is 0 Å². The number of nitrogens with zero attached hydrogens (tertiary/aromatic N) is 2. The van der Waals surface area contributed by atoms with Crippen LogP contribution in [-0.2, 0) is 0 Å². The molecule has 4 heteroatoms. The fourth-order valence-electron chi connectivity index (χ4n) is 5.14. The average Bonchev–Trinajstić information content (AvgIpc) is 2.36. The lowest BCUT2D eigenvalue weighted by Gasteiger charge is -2.54. The van der Waals surface area contributed by atoms with Gasteiger partial charge in [0.05, 0.1) is 12.8 Å². The van der Waals surface area contributed by atoms with Crippen LogP contribution in [0, 0.1) is 23.7 Å². The Bertz CT molecular complexity index is 474. The van der Waals surface area contributed by atoms with Crippen molar-refractivity contribution in [1.82, 2.24) is 9.97 Å². The molecule has 2 N–H and O–H groups in total. The van der Waals surface area contributed by atoms with Crippen LogP contribution in [0.5, 0.6) is 5.88 Å². The lowest BCUT2D eigenvalue weighted by atomic mass is 9.51. The van der Waals surface area contributed by atoms with Crippen LogP contribution in [0.15, 0.2) is 6.07 Å². The molecule has 0 unspecified atom stereocenters. The number of ether oxygens (including phenoxy) is 1. The molecule has 1 aromatic heterocycles. The monoisotopic (exact) mass is 259 g/mol. The van der Waals surface area contributed by atoms with Gasteiger partial charge in [0.25, 0.3) is 0 Å². The molecule has 0 amide bonds. The van der Waals surface area contributed by atoms with Crippen molar-refractivity contribution in [1.29, 1.82) is 0 Å². The van der Waals surface area contributed by atoms with Gasteiger partial charge in [0.1, 0.15) is 0 Å². The molecule has 0 aromatic carbocycles. The lowest BCUT2D eigenvalue weighted by Crippen LogP contribution is -2.44. The number of aromatic nitrogens is 2. The highest BCUT2D eigenvalue weighted by molar-refractivity contribution is 5.30. The molecule has 4 aliphatic rings. The summed E-state index contributed by atoms with van der Waals surface area (Å²) in [6.07, 6.45) is 7.05. The van der Waals surface area contributed by atoms with Crippen molar-refractivity contribution in [3.63, 3.8) is 0 Å². The fraction of sp³-hybridized carbons (Fsp3) is 0.733. The number of rotatable bonds is 2. The smallest absolute Gasteiger partial charge is 0.223 e. The van der Waals surface area contributed by atoms with E-state index < -0.39 is 0 Å². The minimum Gasteiger partial charge on any atom is -0.481 e. The molecule has 0 saturated heterocycles. The van der Waals surface area contributed by atoms with E-state index in [0.717, 1.165) is 29.4 Å². The van der Waals surface area contributed by atoms with Gasteiger partial charge in [0.2, 0.25) is 11.8 Å². The van der Waals surface area contributed by atoms with Gasteiger partial charge in [-0.05, 0) is 55.8 Å². The Morgan fingerprint density at radius 1 is 1.05 bits per heavy atom. The van der Waals surface area contributed by atoms with E-state index in [9.17, 15) is 0 Å². The Morgan fingerprint density at radius 3 is 2.26 bits per heavy atom. The Balaban J connectivity index is 1.70. The minimum absolute atomic E-state index is 0.350. The highest BCUT2D eigenvalue weighted by Crippen LogP contribution is 2.59. The van der Waals surface area contributed by atoms with Crippen LogP contribution < -0.4 is 10.5 Å². The Morgan fingerprint density at radius 2 is 1.68 bits per heavy atom. The molecule has 4 bridgehead atoms. The zero-order valence-corrected chi connectivity index (χ0v) is 11.4. The largest absolute Gasteiger partial charge is 0.481 e. The van der Waals surface area contributed by atoms with Gasteiger partial charge in [-0.25, -0.2) is 4.98 Å². The average molecular weight is 259 g/mol. The van der Waals surface area contributed by atoms with E-state index in [1.165, 1.54) is 32.1 Å². The summed E-state index contributed by atoms with van der Waals surface area (Å²) >= 11 is 0. The molecule has 4 fully saturated rings. The van der Waals surface area contributed by atoms with Crippen LogP contribution in [0.3, 0.4) is 0 Å². The van der Waals surface area contributed by atoms with Crippen molar-refractivity contribution < 1.29 is 4.74 Å². The van der Waals surface area contributed by atoms with Crippen molar-refractivity contribution in [3.05, 3.63) is 11.8 Å². The maximum atomic E-state index is 5.83. The molecule has 0 spiro atoms. The number of nitrogens with two attached hydrogens (primary N) is 1. The molecule has 1 heterocycles. The molecule has 5 rings (SSSR count). The molecular weight excluding hydrogens is 238 g/mol. The first-order chi connectivity index (χ1) is 9.22. The highest BCUT2D eigenvalue weighted by Gasteiger charge is 2.49. The van der Waals surface area contributed by atoms with Gasteiger partial charge in [-0.15, -0.1) is 0 Å². The second-order valence-corrected chi connectivity index (χ2v) is 6.65. The Labute approximate surface area is 113 Å². The maximum Gasteiger partial charge on any atom is 0.223 e. The van der Waals surface area contributed by atoms with Crippen LogP contribution in [0.25, 0.3) is 0 Å². The summed E-state index contributed by atoms with van der Waals surface area (Å²) in [6, 6.07) is 2.00. The van der Waals surface area contributed by atoms with Gasteiger partial charge in [0.15, 0.2) is 0 Å². The summed E-state index contributed by atoms with van der Waals surface area (Å²) < 4.78 is 5.25. The van der Waals surface area contributed by atoms with E-state index in [1.54, 1.807) is 7.11 Å². The summed E-state index contributed by atoms with van der Waals surface area (Å²) in [6.45, 7) is 0. The molecule has 4 aliphatic carbocycles. The minimum atomic E-state index is 0.350. The number of hydrogen-bond donors (Lipinski definition) is 1. The van der Waals surface area contributed by atoms with Crippen LogP contribution in [0.2, 0.25) is 0 Å². The van der Waals surface area contributed by atoms with Crippen molar-refractivity contribution in [2.24, 2.45) is 23.7 Å². The lowest BCUT2D eigenvalue weighted by molar-refractivity contribution is -0.00420. The SMILES string of the molecule is COc1cc(C2C3CC4CC(C3)CC2C4)nc(N)n1. The Hall–Kier alpha value is -1.32. The van der Waals surface area contributed by atoms with Crippen LogP contribution in [0.4, 0.5) is 5.95 Å². The van der Waals surface area contributed by atoms with Crippen molar-refractivity contribution >= 4 is 5.95 Å². The van der Waals surface area contributed by atoms with Crippen molar-refractivity contribution in [3.8, 4) is 5.88 Å². The van der Waals surface area contributed by atoms with Crippen LogP contribution >= 0.6 is 0 Å². The van der Waals surface area contributed by atoms with Crippen molar-refractivity contribution in [2.45, 2.75) is 38.0 Å². The normalized spacial score (nSPS) is 39.5. The van der Waals surface area contributed by atoms with Gasteiger partial charge >= 0.3 is 0 Å². The predicted octanol–water partition coefficient (Wildman–Crippen LogP) is 2.61. The molecule has 19 heavy (non-hydrogen) atoms. The summed E-state index contributed by atoms with van der Waals surface area (Å²) in [5.74, 6) is 5.15. The number of hydrogen-bond acceptors (Lipinski definition) is 4. The summed E-state index contributed by atoms with van der Waals surface area (Å²) in [5.41, 5.74) is 6.95. The van der Waals surface area contributed by atoms with Gasteiger partial charge in [0, 0.05) is 12.0 Å². The summed E-state index contributed by atoms with van der Waals surface area (Å²) in [5, 5.41) is 0. The molecule has 0 atom stereocenters. The first kappa shape index (κ1) is 11.5. The van der Waals surface area contributed by atoms with E-state index in [-0.39, 0.29) is 0 Å². The zero-order chi connectivity index (χ0) is 13.0. The van der Waals surface area contributed by atoms with Gasteiger partial charge in [-0.2, -0.15) is 4.98 Å². The number of methoxy groups -OCH3 is 1. The van der Waals surface area contributed by atoms with Crippen LogP contribution in [0.1, 0.15) is 43.7 Å². The fourth-order valence-corrected chi connectivity index (χ4v) is 5.14. The number of nitrogen functional groups attached to an aromatic ring is 1. The number of anilines is 1. The third kappa shape index (κ3) is 1.80. The topological polar surface area (TPSA) is 61.0 Å². The predicted molar refractivity (Wildman–Crippen MR) is 72.8 cm³/mol.